The molecule has 2 rings (SSSR count). The van der Waals surface area contributed by atoms with Crippen molar-refractivity contribution in [3.63, 3.8) is 0 Å². The minimum absolute atomic E-state index is 0.0822. The molecule has 5 nitrogen and oxygen atoms in total. The fourth-order valence-electron chi connectivity index (χ4n) is 1.67. The molecule has 102 valence electrons. The van der Waals surface area contributed by atoms with Crippen LogP contribution in [0.15, 0.2) is 18.2 Å². The van der Waals surface area contributed by atoms with E-state index in [-0.39, 0.29) is 12.6 Å². The summed E-state index contributed by atoms with van der Waals surface area (Å²) in [5, 5.41) is 0. The zero-order chi connectivity index (χ0) is 13.9. The zero-order valence-electron chi connectivity index (χ0n) is 10.7. The summed E-state index contributed by atoms with van der Waals surface area (Å²) in [4.78, 5) is 0. The van der Waals surface area contributed by atoms with Gasteiger partial charge in [0.15, 0.2) is 0 Å². The molecule has 0 aliphatic heterocycles. The lowest BCUT2D eigenvalue weighted by Crippen LogP contribution is -2.31. The van der Waals surface area contributed by atoms with Crippen molar-refractivity contribution in [2.45, 2.75) is 25.8 Å². The van der Waals surface area contributed by atoms with Gasteiger partial charge in [-0.05, 0) is 43.5 Å². The molecule has 0 heterocycles. The molecule has 0 amide bonds. The summed E-state index contributed by atoms with van der Waals surface area (Å²) in [6, 6.07) is 5.43. The molecule has 0 spiro atoms. The first kappa shape index (κ1) is 13.9. The molecule has 19 heavy (non-hydrogen) atoms. The number of nitrogens with two attached hydrogens (primary N) is 1. The molecule has 6 heteroatoms. The Balaban J connectivity index is 2.17. The van der Waals surface area contributed by atoms with E-state index in [9.17, 15) is 8.42 Å². The van der Waals surface area contributed by atoms with E-state index in [0.717, 1.165) is 24.0 Å². The fraction of sp³-hybridized carbons (Fsp3) is 0.385. The molecule has 1 aromatic rings. The van der Waals surface area contributed by atoms with Crippen molar-refractivity contribution >= 4 is 15.9 Å². The second-order valence-corrected chi connectivity index (χ2v) is 6.04. The largest absolute Gasteiger partial charge is 0.320 e. The third-order valence-electron chi connectivity index (χ3n) is 2.56. The number of rotatable bonds is 4. The molecule has 1 aromatic carbocycles. The highest BCUT2D eigenvalue weighted by Crippen LogP contribution is 2.21. The van der Waals surface area contributed by atoms with E-state index in [0.29, 0.717) is 5.69 Å². The maximum absolute atomic E-state index is 11.8. The Morgan fingerprint density at radius 3 is 2.74 bits per heavy atom. The Kier molecular flexibility index (Phi) is 4.10. The minimum Gasteiger partial charge on any atom is -0.320 e. The van der Waals surface area contributed by atoms with Crippen LogP contribution in [0.5, 0.6) is 0 Å². The van der Waals surface area contributed by atoms with Gasteiger partial charge in [-0.1, -0.05) is 11.8 Å². The molecule has 1 saturated carbocycles. The summed E-state index contributed by atoms with van der Waals surface area (Å²) in [6.07, 6.45) is 1.81. The van der Waals surface area contributed by atoms with Crippen LogP contribution < -0.4 is 15.2 Å². The van der Waals surface area contributed by atoms with Gasteiger partial charge in [0, 0.05) is 11.6 Å². The molecular weight excluding hydrogens is 262 g/mol. The Hall–Kier alpha value is -1.55. The van der Waals surface area contributed by atoms with E-state index in [1.54, 1.807) is 12.1 Å². The number of hydrogen-bond acceptors (Lipinski definition) is 3. The van der Waals surface area contributed by atoms with Crippen molar-refractivity contribution in [3.05, 3.63) is 29.3 Å². The van der Waals surface area contributed by atoms with Crippen LogP contribution in [-0.4, -0.2) is 21.0 Å². The number of nitrogens with one attached hydrogen (secondary N) is 2. The number of anilines is 1. The van der Waals surface area contributed by atoms with Gasteiger partial charge in [-0.25, -0.2) is 0 Å². The summed E-state index contributed by atoms with van der Waals surface area (Å²) < 4.78 is 28.7. The Morgan fingerprint density at radius 2 is 2.11 bits per heavy atom. The highest BCUT2D eigenvalue weighted by Gasteiger charge is 2.26. The standard InChI is InChI=1S/C13H17N3O2S/c1-10-7-11(3-2-6-14)9-13(8-10)16-19(17,18)15-12-4-5-12/h7-9,12,15-16H,4-6,14H2,1H3. The van der Waals surface area contributed by atoms with E-state index in [1.807, 2.05) is 13.0 Å². The molecular formula is C13H17N3O2S. The monoisotopic (exact) mass is 279 g/mol. The van der Waals surface area contributed by atoms with Crippen molar-refractivity contribution in [3.8, 4) is 11.8 Å². The van der Waals surface area contributed by atoms with E-state index in [1.165, 1.54) is 0 Å². The maximum Gasteiger partial charge on any atom is 0.299 e. The molecule has 1 aliphatic carbocycles. The summed E-state index contributed by atoms with van der Waals surface area (Å²) in [6.45, 7) is 2.16. The SMILES string of the molecule is Cc1cc(C#CCN)cc(NS(=O)(=O)NC2CC2)c1. The summed E-state index contributed by atoms with van der Waals surface area (Å²) in [5.41, 5.74) is 7.51. The van der Waals surface area contributed by atoms with Crippen LogP contribution in [0.4, 0.5) is 5.69 Å². The molecule has 0 unspecified atom stereocenters. The Labute approximate surface area is 113 Å². The van der Waals surface area contributed by atoms with Crippen LogP contribution in [0.3, 0.4) is 0 Å². The van der Waals surface area contributed by atoms with Gasteiger partial charge < -0.3 is 5.73 Å². The second-order valence-electron chi connectivity index (χ2n) is 4.59. The lowest BCUT2D eigenvalue weighted by molar-refractivity contribution is 0.586. The molecule has 1 aliphatic rings. The van der Waals surface area contributed by atoms with Crippen LogP contribution in [0.2, 0.25) is 0 Å². The molecule has 0 saturated heterocycles. The topological polar surface area (TPSA) is 84.2 Å². The third kappa shape index (κ3) is 4.56. The summed E-state index contributed by atoms with van der Waals surface area (Å²) in [5.74, 6) is 5.64. The van der Waals surface area contributed by atoms with Gasteiger partial charge in [-0.3, -0.25) is 4.72 Å². The van der Waals surface area contributed by atoms with Crippen LogP contribution >= 0.6 is 0 Å². The van der Waals surface area contributed by atoms with Crippen molar-refractivity contribution in [1.29, 1.82) is 0 Å². The first-order valence-electron chi connectivity index (χ1n) is 6.09. The lowest BCUT2D eigenvalue weighted by atomic mass is 10.1. The number of hydrogen-bond donors (Lipinski definition) is 3. The van der Waals surface area contributed by atoms with Crippen LogP contribution in [0.25, 0.3) is 0 Å². The minimum atomic E-state index is -3.50. The van der Waals surface area contributed by atoms with Crippen molar-refractivity contribution in [1.82, 2.24) is 4.72 Å². The normalized spacial score (nSPS) is 14.6. The maximum atomic E-state index is 11.8. The highest BCUT2D eigenvalue weighted by molar-refractivity contribution is 7.90. The van der Waals surface area contributed by atoms with Gasteiger partial charge >= 0.3 is 0 Å². The van der Waals surface area contributed by atoms with E-state index in [4.69, 9.17) is 5.73 Å². The molecule has 0 radical (unpaired) electrons. The van der Waals surface area contributed by atoms with Gasteiger partial charge in [0.25, 0.3) is 10.2 Å². The lowest BCUT2D eigenvalue weighted by Gasteiger charge is -2.09. The first-order valence-corrected chi connectivity index (χ1v) is 7.57. The predicted octanol–water partition coefficient (Wildman–Crippen LogP) is 0.714. The fourth-order valence-corrected chi connectivity index (χ4v) is 2.83. The molecule has 1 fully saturated rings. The highest BCUT2D eigenvalue weighted by atomic mass is 32.2. The van der Waals surface area contributed by atoms with E-state index in [2.05, 4.69) is 21.3 Å². The average molecular weight is 279 g/mol. The molecule has 4 N–H and O–H groups in total. The molecule has 0 aromatic heterocycles. The Morgan fingerprint density at radius 1 is 1.37 bits per heavy atom. The Bertz CT molecular complexity index is 625. The van der Waals surface area contributed by atoms with Crippen LogP contribution in [0.1, 0.15) is 24.0 Å². The van der Waals surface area contributed by atoms with Crippen LogP contribution in [-0.2, 0) is 10.2 Å². The van der Waals surface area contributed by atoms with E-state index >= 15 is 0 Å². The van der Waals surface area contributed by atoms with Gasteiger partial charge in [-0.2, -0.15) is 13.1 Å². The van der Waals surface area contributed by atoms with E-state index < -0.39 is 10.2 Å². The molecule has 0 atom stereocenters. The van der Waals surface area contributed by atoms with Crippen molar-refractivity contribution < 1.29 is 8.42 Å². The number of aryl methyl sites for hydroxylation is 1. The first-order chi connectivity index (χ1) is 8.98. The van der Waals surface area contributed by atoms with Crippen LogP contribution in [0, 0.1) is 18.8 Å². The molecule has 0 bridgehead atoms. The van der Waals surface area contributed by atoms with Crippen molar-refractivity contribution in [2.75, 3.05) is 11.3 Å². The third-order valence-corrected chi connectivity index (χ3v) is 3.71. The quantitative estimate of drug-likeness (QED) is 0.710. The van der Waals surface area contributed by atoms with Gasteiger partial charge in [0.2, 0.25) is 0 Å². The van der Waals surface area contributed by atoms with Gasteiger partial charge in [0.1, 0.15) is 0 Å². The predicted molar refractivity (Wildman–Crippen MR) is 75.8 cm³/mol. The smallest absolute Gasteiger partial charge is 0.299 e. The van der Waals surface area contributed by atoms with Gasteiger partial charge in [-0.15, -0.1) is 0 Å². The summed E-state index contributed by atoms with van der Waals surface area (Å²) >= 11 is 0. The zero-order valence-corrected chi connectivity index (χ0v) is 11.5. The van der Waals surface area contributed by atoms with Crippen molar-refractivity contribution in [2.24, 2.45) is 5.73 Å². The average Bonchev–Trinajstić information content (AvgIpc) is 3.07. The summed E-state index contributed by atoms with van der Waals surface area (Å²) in [7, 11) is -3.50. The number of benzene rings is 1. The van der Waals surface area contributed by atoms with Gasteiger partial charge in [0.05, 0.1) is 12.2 Å². The second kappa shape index (κ2) is 5.61.